The Bertz CT molecular complexity index is 241. The summed E-state index contributed by atoms with van der Waals surface area (Å²) in [6, 6.07) is 0. The standard InChI is InChI=1S/C10H18NO2.ClH/c1-8(2)10(13)9(12)6-7-11(3,4)5;/h1,6-7H2,2-5H3;1H/q+1;/p-1. The molecular weight excluding hydrogens is 202 g/mol. The summed E-state index contributed by atoms with van der Waals surface area (Å²) in [5, 5.41) is 0. The Balaban J connectivity index is 0. The molecule has 0 aliphatic carbocycles. The van der Waals surface area contributed by atoms with Gasteiger partial charge in [0.25, 0.3) is 0 Å². The average molecular weight is 220 g/mol. The fourth-order valence-electron chi connectivity index (χ4n) is 0.788. The molecule has 0 atom stereocenters. The minimum atomic E-state index is -0.437. The van der Waals surface area contributed by atoms with E-state index in [1.54, 1.807) is 6.92 Å². The number of hydrogen-bond acceptors (Lipinski definition) is 2. The average Bonchev–Trinajstić information content (AvgIpc) is 1.97. The predicted molar refractivity (Wildman–Crippen MR) is 52.3 cm³/mol. The van der Waals surface area contributed by atoms with E-state index in [-0.39, 0.29) is 18.2 Å². The van der Waals surface area contributed by atoms with E-state index in [1.165, 1.54) is 0 Å². The van der Waals surface area contributed by atoms with Crippen LogP contribution in [0.5, 0.6) is 0 Å². The van der Waals surface area contributed by atoms with Gasteiger partial charge in [-0.1, -0.05) is 6.58 Å². The van der Waals surface area contributed by atoms with Crippen molar-refractivity contribution in [3.63, 3.8) is 0 Å². The molecule has 0 radical (unpaired) electrons. The molecule has 0 N–H and O–H groups in total. The second kappa shape index (κ2) is 5.94. The highest BCUT2D eigenvalue weighted by Crippen LogP contribution is 1.99. The van der Waals surface area contributed by atoms with Crippen LogP contribution in [0.2, 0.25) is 0 Å². The number of halogens is 1. The second-order valence-corrected chi connectivity index (χ2v) is 4.30. The molecule has 0 saturated heterocycles. The summed E-state index contributed by atoms with van der Waals surface area (Å²) >= 11 is 0. The molecule has 4 heteroatoms. The van der Waals surface area contributed by atoms with Crippen molar-refractivity contribution in [3.8, 4) is 0 Å². The van der Waals surface area contributed by atoms with Crippen LogP contribution in [0, 0.1) is 0 Å². The lowest BCUT2D eigenvalue weighted by Gasteiger charge is -2.23. The van der Waals surface area contributed by atoms with Gasteiger partial charge in [-0.05, 0) is 12.5 Å². The predicted octanol–water partition coefficient (Wildman–Crippen LogP) is -2.20. The van der Waals surface area contributed by atoms with E-state index in [0.717, 1.165) is 0 Å². The van der Waals surface area contributed by atoms with E-state index in [2.05, 4.69) is 6.58 Å². The van der Waals surface area contributed by atoms with Gasteiger partial charge < -0.3 is 16.9 Å². The summed E-state index contributed by atoms with van der Waals surface area (Å²) in [7, 11) is 5.95. The molecule has 0 aromatic carbocycles. The van der Waals surface area contributed by atoms with Crippen LogP contribution in [0.15, 0.2) is 12.2 Å². The third-order valence-corrected chi connectivity index (χ3v) is 1.65. The van der Waals surface area contributed by atoms with Gasteiger partial charge in [-0.2, -0.15) is 0 Å². The first-order valence-corrected chi connectivity index (χ1v) is 4.27. The summed E-state index contributed by atoms with van der Waals surface area (Å²) in [5.41, 5.74) is 0.325. The van der Waals surface area contributed by atoms with Crippen LogP contribution >= 0.6 is 0 Å². The van der Waals surface area contributed by atoms with E-state index in [0.29, 0.717) is 23.0 Å². The molecular formula is C10H18ClNO2. The van der Waals surface area contributed by atoms with Crippen LogP contribution in [-0.4, -0.2) is 43.7 Å². The third-order valence-electron chi connectivity index (χ3n) is 1.65. The fourth-order valence-corrected chi connectivity index (χ4v) is 0.788. The number of hydrogen-bond donors (Lipinski definition) is 0. The van der Waals surface area contributed by atoms with Crippen molar-refractivity contribution in [3.05, 3.63) is 12.2 Å². The lowest BCUT2D eigenvalue weighted by molar-refractivity contribution is -0.869. The summed E-state index contributed by atoms with van der Waals surface area (Å²) in [4.78, 5) is 22.3. The van der Waals surface area contributed by atoms with Crippen molar-refractivity contribution in [2.75, 3.05) is 27.7 Å². The number of Topliss-reactive ketones (excluding diaryl/α,β-unsaturated/α-hetero) is 2. The summed E-state index contributed by atoms with van der Waals surface area (Å²) in [6.45, 7) is 5.69. The van der Waals surface area contributed by atoms with E-state index in [4.69, 9.17) is 0 Å². The number of nitrogens with zero attached hydrogens (tertiary/aromatic N) is 1. The summed E-state index contributed by atoms with van der Waals surface area (Å²) < 4.78 is 0.690. The Kier molecular flexibility index (Phi) is 6.69. The van der Waals surface area contributed by atoms with Gasteiger partial charge in [0.05, 0.1) is 34.1 Å². The van der Waals surface area contributed by atoms with Crippen molar-refractivity contribution >= 4 is 11.6 Å². The first-order valence-electron chi connectivity index (χ1n) is 4.27. The number of allylic oxidation sites excluding steroid dienone is 1. The Morgan fingerprint density at radius 2 is 1.64 bits per heavy atom. The Morgan fingerprint density at radius 1 is 1.21 bits per heavy atom. The highest BCUT2D eigenvalue weighted by molar-refractivity contribution is 6.43. The minimum absolute atomic E-state index is 0. The molecule has 82 valence electrons. The third kappa shape index (κ3) is 6.80. The molecule has 0 aromatic rings. The van der Waals surface area contributed by atoms with E-state index in [9.17, 15) is 9.59 Å². The topological polar surface area (TPSA) is 34.1 Å². The van der Waals surface area contributed by atoms with Crippen LogP contribution in [0.3, 0.4) is 0 Å². The second-order valence-electron chi connectivity index (χ2n) is 4.30. The molecule has 0 spiro atoms. The smallest absolute Gasteiger partial charge is 0.223 e. The van der Waals surface area contributed by atoms with Gasteiger partial charge in [0, 0.05) is 0 Å². The minimum Gasteiger partial charge on any atom is -1.00 e. The number of carbonyl (C=O) groups is 2. The van der Waals surface area contributed by atoms with E-state index >= 15 is 0 Å². The maximum Gasteiger partial charge on any atom is 0.223 e. The van der Waals surface area contributed by atoms with Gasteiger partial charge in [0.1, 0.15) is 0 Å². The normalized spacial score (nSPS) is 10.3. The van der Waals surface area contributed by atoms with E-state index in [1.807, 2.05) is 21.1 Å². The SMILES string of the molecule is C=C(C)C(=O)C(=O)CC[N+](C)(C)C.[Cl-]. The van der Waals surface area contributed by atoms with Crippen molar-refractivity contribution in [2.24, 2.45) is 0 Å². The summed E-state index contributed by atoms with van der Waals surface area (Å²) in [5.74, 6) is -0.769. The van der Waals surface area contributed by atoms with Crippen LogP contribution in [0.4, 0.5) is 0 Å². The van der Waals surface area contributed by atoms with Gasteiger partial charge in [0.15, 0.2) is 0 Å². The monoisotopic (exact) mass is 219 g/mol. The molecule has 0 amide bonds. The molecule has 0 bridgehead atoms. The zero-order valence-corrected chi connectivity index (χ0v) is 10.0. The maximum absolute atomic E-state index is 11.2. The Hall–Kier alpha value is -0.670. The van der Waals surface area contributed by atoms with Gasteiger partial charge in [-0.15, -0.1) is 0 Å². The molecule has 0 aromatic heterocycles. The summed E-state index contributed by atoms with van der Waals surface area (Å²) in [6.07, 6.45) is 0.301. The van der Waals surface area contributed by atoms with Gasteiger partial charge >= 0.3 is 0 Å². The quantitative estimate of drug-likeness (QED) is 0.299. The molecule has 0 fully saturated rings. The molecule has 0 heterocycles. The first kappa shape index (κ1) is 15.8. The molecule has 0 aliphatic rings. The van der Waals surface area contributed by atoms with Crippen LogP contribution in [0.1, 0.15) is 13.3 Å². The number of quaternary nitrogens is 1. The lowest BCUT2D eigenvalue weighted by atomic mass is 10.1. The van der Waals surface area contributed by atoms with Gasteiger partial charge in [-0.25, -0.2) is 0 Å². The van der Waals surface area contributed by atoms with E-state index < -0.39 is 5.78 Å². The van der Waals surface area contributed by atoms with Gasteiger partial charge in [-0.3, -0.25) is 9.59 Å². The zero-order valence-electron chi connectivity index (χ0n) is 9.26. The van der Waals surface area contributed by atoms with Crippen LogP contribution in [0.25, 0.3) is 0 Å². The van der Waals surface area contributed by atoms with Crippen molar-refractivity contribution in [2.45, 2.75) is 13.3 Å². The Labute approximate surface area is 91.8 Å². The fraction of sp³-hybridized carbons (Fsp3) is 0.600. The highest BCUT2D eigenvalue weighted by atomic mass is 35.5. The van der Waals surface area contributed by atoms with Crippen molar-refractivity contribution < 1.29 is 26.5 Å². The highest BCUT2D eigenvalue weighted by Gasteiger charge is 2.17. The molecule has 3 nitrogen and oxygen atoms in total. The molecule has 0 aliphatic heterocycles. The van der Waals surface area contributed by atoms with Gasteiger partial charge in [0.2, 0.25) is 11.6 Å². The largest absolute Gasteiger partial charge is 1.00 e. The number of ketones is 2. The molecule has 14 heavy (non-hydrogen) atoms. The van der Waals surface area contributed by atoms with Crippen molar-refractivity contribution in [1.29, 1.82) is 0 Å². The zero-order chi connectivity index (χ0) is 10.6. The van der Waals surface area contributed by atoms with Crippen LogP contribution < -0.4 is 12.4 Å². The first-order chi connectivity index (χ1) is 5.74. The molecule has 0 unspecified atom stereocenters. The van der Waals surface area contributed by atoms with Crippen molar-refractivity contribution in [1.82, 2.24) is 0 Å². The molecule has 0 rings (SSSR count). The Morgan fingerprint density at radius 3 is 1.93 bits per heavy atom. The number of carbonyl (C=O) groups excluding carboxylic acids is 2. The lowest BCUT2D eigenvalue weighted by Crippen LogP contribution is -3.00. The van der Waals surface area contributed by atoms with Crippen LogP contribution in [-0.2, 0) is 9.59 Å². The molecule has 0 saturated carbocycles. The maximum atomic E-state index is 11.2. The number of rotatable bonds is 5.